The Kier molecular flexibility index (Phi) is 1.87. The average molecular weight is 217 g/mol. The van der Waals surface area contributed by atoms with Crippen LogP contribution in [-0.2, 0) is 11.3 Å². The van der Waals surface area contributed by atoms with Crippen molar-refractivity contribution in [1.29, 1.82) is 0 Å². The molecule has 0 aliphatic carbocycles. The topological polar surface area (TPSA) is 26.3 Å². The van der Waals surface area contributed by atoms with Gasteiger partial charge in [-0.1, -0.05) is 48.5 Å². The van der Waals surface area contributed by atoms with Crippen LogP contribution in [0.5, 0.6) is 0 Å². The van der Waals surface area contributed by atoms with Crippen molar-refractivity contribution in [3.8, 4) is 0 Å². The SMILES string of the molecule is [2H]c1ccc(C([2H])([2H])OC(=O)c2ccccc2)c([2H])c1[2H]. The van der Waals surface area contributed by atoms with Crippen LogP contribution in [0, 0.1) is 0 Å². The Morgan fingerprint density at radius 1 is 1.19 bits per heavy atom. The summed E-state index contributed by atoms with van der Waals surface area (Å²) in [6.07, 6.45) is 0. The van der Waals surface area contributed by atoms with Gasteiger partial charge in [-0.05, 0) is 17.7 Å². The van der Waals surface area contributed by atoms with Gasteiger partial charge >= 0.3 is 5.97 Å². The molecule has 2 aromatic carbocycles. The van der Waals surface area contributed by atoms with Crippen LogP contribution in [0.4, 0.5) is 0 Å². The molecule has 0 heterocycles. The summed E-state index contributed by atoms with van der Waals surface area (Å²) in [6.45, 7) is -2.55. The molecule has 0 fully saturated rings. The molecule has 0 aromatic heterocycles. The van der Waals surface area contributed by atoms with Gasteiger partial charge in [0.1, 0.15) is 6.56 Å². The predicted octanol–water partition coefficient (Wildman–Crippen LogP) is 3.04. The van der Waals surface area contributed by atoms with E-state index in [2.05, 4.69) is 0 Å². The average Bonchev–Trinajstić information content (AvgIpc) is 2.45. The van der Waals surface area contributed by atoms with E-state index in [1.807, 2.05) is 0 Å². The molecule has 2 aromatic rings. The highest BCUT2D eigenvalue weighted by atomic mass is 16.5. The summed E-state index contributed by atoms with van der Waals surface area (Å²) in [5.74, 6) is -0.860. The van der Waals surface area contributed by atoms with Gasteiger partial charge in [-0.3, -0.25) is 0 Å². The highest BCUT2D eigenvalue weighted by Gasteiger charge is 2.05. The van der Waals surface area contributed by atoms with Crippen LogP contribution in [0.15, 0.2) is 60.6 Å². The second kappa shape index (κ2) is 5.12. The van der Waals surface area contributed by atoms with Gasteiger partial charge in [-0.25, -0.2) is 4.79 Å². The lowest BCUT2D eigenvalue weighted by Gasteiger charge is -2.04. The van der Waals surface area contributed by atoms with E-state index < -0.39 is 24.6 Å². The van der Waals surface area contributed by atoms with Crippen LogP contribution >= 0.6 is 0 Å². The molecule has 0 atom stereocenters. The summed E-state index contributed by atoms with van der Waals surface area (Å²) in [5.41, 5.74) is -0.0658. The van der Waals surface area contributed by atoms with E-state index in [4.69, 9.17) is 11.6 Å². The number of benzene rings is 2. The smallest absolute Gasteiger partial charge is 0.338 e. The van der Waals surface area contributed by atoms with Gasteiger partial charge < -0.3 is 4.74 Å². The summed E-state index contributed by atoms with van der Waals surface area (Å²) in [6, 6.07) is 9.26. The van der Waals surface area contributed by atoms with Gasteiger partial charge in [-0.2, -0.15) is 0 Å². The van der Waals surface area contributed by atoms with E-state index in [1.165, 1.54) is 24.3 Å². The zero-order valence-electron chi connectivity index (χ0n) is 13.4. The molecule has 0 aliphatic rings. The minimum Gasteiger partial charge on any atom is -0.457 e. The van der Waals surface area contributed by atoms with Crippen LogP contribution in [0.2, 0.25) is 0 Å². The molecular formula is C14H12O2. The van der Waals surface area contributed by atoms with E-state index in [9.17, 15) is 4.79 Å². The van der Waals surface area contributed by atoms with E-state index in [-0.39, 0.29) is 17.2 Å². The fraction of sp³-hybridized carbons (Fsp3) is 0.0714. The third kappa shape index (κ3) is 2.70. The van der Waals surface area contributed by atoms with Crippen molar-refractivity contribution in [2.24, 2.45) is 0 Å². The number of rotatable bonds is 3. The number of hydrogen-bond donors (Lipinski definition) is 0. The summed E-state index contributed by atoms with van der Waals surface area (Å²) in [7, 11) is 0. The van der Waals surface area contributed by atoms with Gasteiger partial charge in [0, 0.05) is 0 Å². The highest BCUT2D eigenvalue weighted by molar-refractivity contribution is 5.89. The maximum Gasteiger partial charge on any atom is 0.338 e. The first-order chi connectivity index (χ1) is 9.83. The zero-order valence-corrected chi connectivity index (χ0v) is 8.36. The van der Waals surface area contributed by atoms with E-state index in [0.29, 0.717) is 0 Å². The first-order valence-corrected chi connectivity index (χ1v) is 4.68. The standard InChI is InChI=1S/C14H12O2/c15-14(13-9-5-2-6-10-13)16-11-12-7-3-1-4-8-12/h1-10H,11H2/i1D,3D,7D,11D2. The third-order valence-electron chi connectivity index (χ3n) is 1.87. The Balaban J connectivity index is 2.31. The lowest BCUT2D eigenvalue weighted by Crippen LogP contribution is -2.04. The fourth-order valence-electron chi connectivity index (χ4n) is 1.11. The van der Waals surface area contributed by atoms with E-state index in [1.54, 1.807) is 18.2 Å². The van der Waals surface area contributed by atoms with Gasteiger partial charge in [0.05, 0.1) is 12.4 Å². The van der Waals surface area contributed by atoms with Crippen molar-refractivity contribution >= 4 is 5.97 Å². The first kappa shape index (κ1) is 5.85. The third-order valence-corrected chi connectivity index (χ3v) is 1.87. The second-order valence-electron chi connectivity index (χ2n) is 3.00. The number of esters is 1. The molecule has 0 spiro atoms. The lowest BCUT2D eigenvalue weighted by atomic mass is 10.2. The molecule has 0 N–H and O–H groups in total. The molecule has 2 nitrogen and oxygen atoms in total. The van der Waals surface area contributed by atoms with Crippen LogP contribution in [0.25, 0.3) is 0 Å². The summed E-state index contributed by atoms with van der Waals surface area (Å²) in [5, 5.41) is 0. The fourth-order valence-corrected chi connectivity index (χ4v) is 1.11. The zero-order chi connectivity index (χ0) is 15.6. The summed E-state index contributed by atoms with van der Waals surface area (Å²) >= 11 is 0. The van der Waals surface area contributed by atoms with Gasteiger partial charge in [-0.15, -0.1) is 0 Å². The second-order valence-corrected chi connectivity index (χ2v) is 3.00. The van der Waals surface area contributed by atoms with Gasteiger partial charge in [0.25, 0.3) is 0 Å². The summed E-state index contributed by atoms with van der Waals surface area (Å²) < 4.78 is 43.1. The molecule has 0 saturated carbocycles. The molecule has 2 rings (SSSR count). The van der Waals surface area contributed by atoms with Crippen LogP contribution in [0.3, 0.4) is 0 Å². The van der Waals surface area contributed by atoms with Crippen molar-refractivity contribution in [2.45, 2.75) is 6.56 Å². The maximum absolute atomic E-state index is 11.9. The molecule has 80 valence electrons. The number of carbonyl (C=O) groups excluding carboxylic acids is 1. The van der Waals surface area contributed by atoms with E-state index in [0.717, 1.165) is 0 Å². The Morgan fingerprint density at radius 3 is 2.81 bits per heavy atom. The number of ether oxygens (including phenoxy) is 1. The van der Waals surface area contributed by atoms with Crippen molar-refractivity contribution < 1.29 is 16.4 Å². The van der Waals surface area contributed by atoms with Crippen LogP contribution in [-0.4, -0.2) is 5.97 Å². The minimum atomic E-state index is -2.55. The molecular weight excluding hydrogens is 200 g/mol. The van der Waals surface area contributed by atoms with E-state index >= 15 is 0 Å². The maximum atomic E-state index is 11.9. The predicted molar refractivity (Wildman–Crippen MR) is 62.0 cm³/mol. The Morgan fingerprint density at radius 2 is 2.00 bits per heavy atom. The Hall–Kier alpha value is -2.09. The Labute approximate surface area is 102 Å². The highest BCUT2D eigenvalue weighted by Crippen LogP contribution is 2.05. The number of carbonyl (C=O) groups is 1. The van der Waals surface area contributed by atoms with Gasteiger partial charge in [0.2, 0.25) is 0 Å². The minimum absolute atomic E-state index is 0.186. The molecule has 0 radical (unpaired) electrons. The molecule has 0 bridgehead atoms. The Bertz CT molecular complexity index is 671. The van der Waals surface area contributed by atoms with Crippen molar-refractivity contribution in [1.82, 2.24) is 0 Å². The first-order valence-electron chi connectivity index (χ1n) is 7.18. The molecule has 16 heavy (non-hydrogen) atoms. The molecule has 0 unspecified atom stereocenters. The molecule has 0 amide bonds. The monoisotopic (exact) mass is 217 g/mol. The summed E-state index contributed by atoms with van der Waals surface area (Å²) in [4.78, 5) is 11.9. The van der Waals surface area contributed by atoms with Crippen LogP contribution < -0.4 is 0 Å². The number of hydrogen-bond acceptors (Lipinski definition) is 2. The van der Waals surface area contributed by atoms with Crippen molar-refractivity contribution in [2.75, 3.05) is 0 Å². The largest absolute Gasteiger partial charge is 0.457 e. The molecule has 2 heteroatoms. The van der Waals surface area contributed by atoms with Gasteiger partial charge in [0.15, 0.2) is 0 Å². The van der Waals surface area contributed by atoms with Crippen molar-refractivity contribution in [3.63, 3.8) is 0 Å². The van der Waals surface area contributed by atoms with Crippen molar-refractivity contribution in [3.05, 3.63) is 71.7 Å². The molecule has 0 aliphatic heterocycles. The normalized spacial score (nSPS) is 15.1. The quantitative estimate of drug-likeness (QED) is 0.739. The van der Waals surface area contributed by atoms with Crippen LogP contribution in [0.1, 0.15) is 22.8 Å². The lowest BCUT2D eigenvalue weighted by molar-refractivity contribution is 0.0472. The molecule has 0 saturated heterocycles.